The Labute approximate surface area is 79.0 Å². The van der Waals surface area contributed by atoms with Crippen molar-refractivity contribution in [1.29, 1.82) is 0 Å². The molecule has 0 aliphatic rings. The first-order chi connectivity index (χ1) is 5.48. The fraction of sp³-hybridized carbons (Fsp3) is 1.00. The van der Waals surface area contributed by atoms with Crippen LogP contribution in [0.15, 0.2) is 0 Å². The van der Waals surface area contributed by atoms with E-state index in [0.717, 1.165) is 12.2 Å². The highest BCUT2D eigenvalue weighted by Crippen LogP contribution is 2.28. The van der Waals surface area contributed by atoms with Gasteiger partial charge in [0.25, 0.3) is 0 Å². The molecule has 0 saturated carbocycles. The van der Waals surface area contributed by atoms with E-state index in [1.807, 2.05) is 0 Å². The molecule has 0 fully saturated rings. The molecule has 74 valence electrons. The molecule has 2 N–H and O–H groups in total. The van der Waals surface area contributed by atoms with Crippen molar-refractivity contribution in [3.8, 4) is 0 Å². The highest BCUT2D eigenvalue weighted by molar-refractivity contribution is 7.94. The van der Waals surface area contributed by atoms with E-state index in [1.54, 1.807) is 5.64 Å². The predicted molar refractivity (Wildman–Crippen MR) is 51.7 cm³/mol. The van der Waals surface area contributed by atoms with Crippen LogP contribution in [0, 0.1) is 11.3 Å². The van der Waals surface area contributed by atoms with Crippen LogP contribution < -0.4 is 5.64 Å². The molecule has 0 saturated heterocycles. The summed E-state index contributed by atoms with van der Waals surface area (Å²) in [5, 5.41) is 8.10. The quantitative estimate of drug-likeness (QED) is 0.400. The molecule has 1 atom stereocenters. The molecule has 0 aromatic carbocycles. The fourth-order valence-electron chi connectivity index (χ4n) is 0.726. The average Bonchev–Trinajstić information content (AvgIpc) is 1.96. The van der Waals surface area contributed by atoms with Crippen LogP contribution in [0.3, 0.4) is 0 Å². The molecular weight excluding hydrogens is 174 g/mol. The first-order valence-electron chi connectivity index (χ1n) is 4.16. The van der Waals surface area contributed by atoms with Crippen LogP contribution in [0.25, 0.3) is 0 Å². The molecule has 0 aliphatic carbocycles. The lowest BCUT2D eigenvalue weighted by Gasteiger charge is -2.26. The molecule has 0 aliphatic heterocycles. The lowest BCUT2D eigenvalue weighted by Crippen LogP contribution is -2.18. The van der Waals surface area contributed by atoms with Crippen molar-refractivity contribution in [1.82, 2.24) is 5.64 Å². The maximum atomic E-state index is 8.10. The highest BCUT2D eigenvalue weighted by atomic mass is 32.2. The third kappa shape index (κ3) is 5.83. The summed E-state index contributed by atoms with van der Waals surface area (Å²) in [6.45, 7) is 8.92. The number of rotatable bonds is 5. The zero-order valence-electron chi connectivity index (χ0n) is 8.26. The Hall–Kier alpha value is 0.230. The minimum Gasteiger partial charge on any atom is -0.291 e. The van der Waals surface area contributed by atoms with E-state index in [1.165, 1.54) is 12.0 Å². The third-order valence-corrected chi connectivity index (χ3v) is 2.80. The number of hydrogen-bond acceptors (Lipinski definition) is 4. The van der Waals surface area contributed by atoms with Gasteiger partial charge in [-0.3, -0.25) is 5.21 Å². The molecule has 0 bridgehead atoms. The van der Waals surface area contributed by atoms with Crippen molar-refractivity contribution in [3.05, 3.63) is 0 Å². The Bertz CT molecular complexity index is 114. The van der Waals surface area contributed by atoms with E-state index >= 15 is 0 Å². The summed E-state index contributed by atoms with van der Waals surface area (Å²) in [6.07, 6.45) is 1.09. The minimum absolute atomic E-state index is 0.354. The Balaban J connectivity index is 3.38. The van der Waals surface area contributed by atoms with E-state index < -0.39 is 0 Å². The van der Waals surface area contributed by atoms with Crippen LogP contribution in [-0.2, 0) is 4.28 Å². The van der Waals surface area contributed by atoms with Crippen molar-refractivity contribution < 1.29 is 9.49 Å². The van der Waals surface area contributed by atoms with Gasteiger partial charge in [0.2, 0.25) is 0 Å². The van der Waals surface area contributed by atoms with E-state index in [-0.39, 0.29) is 0 Å². The van der Waals surface area contributed by atoms with Crippen LogP contribution >= 0.6 is 12.0 Å². The summed E-state index contributed by atoms with van der Waals surface area (Å²) in [4.78, 5) is 0. The summed E-state index contributed by atoms with van der Waals surface area (Å²) in [7, 11) is 0. The smallest absolute Gasteiger partial charge is 0.0221 e. The molecule has 3 nitrogen and oxygen atoms in total. The van der Waals surface area contributed by atoms with E-state index in [2.05, 4.69) is 32.0 Å². The van der Waals surface area contributed by atoms with Gasteiger partial charge in [0.1, 0.15) is 0 Å². The summed E-state index contributed by atoms with van der Waals surface area (Å²) in [5.41, 5.74) is 2.00. The highest BCUT2D eigenvalue weighted by Gasteiger charge is 2.19. The topological polar surface area (TPSA) is 41.5 Å². The van der Waals surface area contributed by atoms with Crippen molar-refractivity contribution in [2.45, 2.75) is 34.1 Å². The van der Waals surface area contributed by atoms with Gasteiger partial charge < -0.3 is 0 Å². The van der Waals surface area contributed by atoms with Crippen molar-refractivity contribution in [2.24, 2.45) is 11.3 Å². The molecule has 0 rings (SSSR count). The largest absolute Gasteiger partial charge is 0.291 e. The summed E-state index contributed by atoms with van der Waals surface area (Å²) in [5.74, 6) is 1.55. The van der Waals surface area contributed by atoms with Crippen LogP contribution in [-0.4, -0.2) is 11.0 Å². The lowest BCUT2D eigenvalue weighted by atomic mass is 9.81. The molecule has 0 radical (unpaired) electrons. The normalized spacial score (nSPS) is 14.8. The standard InChI is InChI=1S/C8H19NO2S/c1-7(8(2,3)4)5-6-12-11-9-10/h7,9-10H,5-6H2,1-4H3. The van der Waals surface area contributed by atoms with Gasteiger partial charge >= 0.3 is 0 Å². The molecule has 0 heterocycles. The van der Waals surface area contributed by atoms with Crippen molar-refractivity contribution in [2.75, 3.05) is 5.75 Å². The fourth-order valence-corrected chi connectivity index (χ4v) is 1.31. The van der Waals surface area contributed by atoms with Gasteiger partial charge in [-0.15, -0.1) is 0 Å². The van der Waals surface area contributed by atoms with Crippen LogP contribution in [0.5, 0.6) is 0 Å². The third-order valence-electron chi connectivity index (χ3n) is 2.21. The average molecular weight is 193 g/mol. The second-order valence-electron chi connectivity index (χ2n) is 4.05. The molecule has 0 spiro atoms. The monoisotopic (exact) mass is 193 g/mol. The molecule has 12 heavy (non-hydrogen) atoms. The van der Waals surface area contributed by atoms with E-state index in [9.17, 15) is 0 Å². The summed E-state index contributed by atoms with van der Waals surface area (Å²) in [6, 6.07) is 0. The summed E-state index contributed by atoms with van der Waals surface area (Å²) >= 11 is 1.24. The van der Waals surface area contributed by atoms with Gasteiger partial charge in [0.05, 0.1) is 0 Å². The zero-order valence-corrected chi connectivity index (χ0v) is 9.07. The molecule has 4 heteroatoms. The van der Waals surface area contributed by atoms with Gasteiger partial charge in [0, 0.05) is 17.8 Å². The van der Waals surface area contributed by atoms with Crippen LogP contribution in [0.2, 0.25) is 0 Å². The van der Waals surface area contributed by atoms with Crippen molar-refractivity contribution in [3.63, 3.8) is 0 Å². The predicted octanol–water partition coefficient (Wildman–Crippen LogP) is 2.62. The number of hydrogen-bond donors (Lipinski definition) is 2. The Morgan fingerprint density at radius 2 is 2.08 bits per heavy atom. The van der Waals surface area contributed by atoms with Gasteiger partial charge in [-0.2, -0.15) is 0 Å². The SMILES string of the molecule is CC(CCSONO)C(C)(C)C. The molecule has 0 amide bonds. The number of nitrogens with one attached hydrogen (secondary N) is 1. The molecular formula is C8H19NO2S. The van der Waals surface area contributed by atoms with Crippen LogP contribution in [0.4, 0.5) is 0 Å². The second-order valence-corrected chi connectivity index (χ2v) is 4.86. The van der Waals surface area contributed by atoms with Crippen molar-refractivity contribution >= 4 is 12.0 Å². The molecule has 1 unspecified atom stereocenters. The van der Waals surface area contributed by atoms with Gasteiger partial charge in [-0.25, -0.2) is 4.28 Å². The Morgan fingerprint density at radius 1 is 1.50 bits per heavy atom. The second kappa shape index (κ2) is 5.80. The van der Waals surface area contributed by atoms with Gasteiger partial charge in [-0.1, -0.05) is 33.3 Å². The molecule has 0 aromatic heterocycles. The zero-order chi connectivity index (χ0) is 9.61. The molecule has 0 aromatic rings. The first kappa shape index (κ1) is 12.2. The summed E-state index contributed by atoms with van der Waals surface area (Å²) < 4.78 is 4.52. The Morgan fingerprint density at radius 3 is 2.50 bits per heavy atom. The van der Waals surface area contributed by atoms with E-state index in [0.29, 0.717) is 11.3 Å². The van der Waals surface area contributed by atoms with Gasteiger partial charge in [0.15, 0.2) is 0 Å². The Kier molecular flexibility index (Phi) is 5.92. The lowest BCUT2D eigenvalue weighted by molar-refractivity contribution is -0.0274. The van der Waals surface area contributed by atoms with E-state index in [4.69, 9.17) is 5.21 Å². The minimum atomic E-state index is 0.354. The van der Waals surface area contributed by atoms with Gasteiger partial charge in [-0.05, 0) is 17.8 Å². The first-order valence-corrected chi connectivity index (χ1v) is 5.07. The maximum absolute atomic E-state index is 8.10. The van der Waals surface area contributed by atoms with Crippen LogP contribution in [0.1, 0.15) is 34.1 Å². The maximum Gasteiger partial charge on any atom is 0.0221 e.